The van der Waals surface area contributed by atoms with Crippen LogP contribution >= 0.6 is 0 Å². The number of hydrogen-bond donors (Lipinski definition) is 0. The van der Waals surface area contributed by atoms with Crippen LogP contribution in [-0.4, -0.2) is 4.98 Å². The number of hydrogen-bond acceptors (Lipinski definition) is 3. The van der Waals surface area contributed by atoms with E-state index in [1.807, 2.05) is 36.4 Å². The van der Waals surface area contributed by atoms with Crippen molar-refractivity contribution in [2.75, 3.05) is 9.80 Å². The number of aromatic nitrogens is 2. The number of fused-ring (bicyclic) bond motifs is 4. The van der Waals surface area contributed by atoms with E-state index in [1.165, 1.54) is 33.5 Å². The fraction of sp³-hybridized carbons (Fsp3) is 0. The van der Waals surface area contributed by atoms with E-state index < -0.39 is 0 Å². The number of anilines is 4. The Morgan fingerprint density at radius 3 is 1.69 bits per heavy atom. The molecule has 1 aliphatic heterocycles. The van der Waals surface area contributed by atoms with Crippen LogP contribution in [0.1, 0.15) is 0 Å². The van der Waals surface area contributed by atoms with Gasteiger partial charge in [0.2, 0.25) is 0 Å². The van der Waals surface area contributed by atoms with Crippen LogP contribution in [0.5, 0.6) is 0 Å². The summed E-state index contributed by atoms with van der Waals surface area (Å²) in [5.74, 6) is 0. The molecule has 7 rings (SSSR count). The molecule has 0 bridgehead atoms. The molecule has 35 heavy (non-hydrogen) atoms. The molecule has 0 N–H and O–H groups in total. The van der Waals surface area contributed by atoms with Gasteiger partial charge in [0.25, 0.3) is 0 Å². The molecule has 5 heteroatoms. The fourth-order valence-electron chi connectivity index (χ4n) is 4.33. The minimum absolute atomic E-state index is 0. The van der Waals surface area contributed by atoms with Crippen LogP contribution in [0.25, 0.3) is 21.8 Å². The Morgan fingerprint density at radius 2 is 1.06 bits per heavy atom. The van der Waals surface area contributed by atoms with Gasteiger partial charge in [-0.15, -0.1) is 17.7 Å². The van der Waals surface area contributed by atoms with Gasteiger partial charge in [-0.2, -0.15) is 0 Å². The third-order valence-corrected chi connectivity index (χ3v) is 5.94. The van der Waals surface area contributed by atoms with Gasteiger partial charge in [0.05, 0.1) is 0 Å². The first-order valence-corrected chi connectivity index (χ1v) is 11.3. The van der Waals surface area contributed by atoms with Crippen molar-refractivity contribution in [2.24, 2.45) is 0 Å². The molecule has 0 fully saturated rings. The topological polar surface area (TPSA) is 33.5 Å². The van der Waals surface area contributed by atoms with E-state index in [0.29, 0.717) is 0 Å². The molecule has 0 amide bonds. The van der Waals surface area contributed by atoms with Gasteiger partial charge in [-0.25, -0.2) is 0 Å². The van der Waals surface area contributed by atoms with Crippen molar-refractivity contribution < 1.29 is 22.4 Å². The van der Waals surface area contributed by atoms with Gasteiger partial charge in [0.1, 0.15) is 0 Å². The standard InChI is InChI=1S/C19H15N2.C11H7N2.Au/c1-3-9-16(10-4-1)20-15-21(17-11-5-2-6-12-17)19-14-8-7-13-18(19)20;1-2-4-10-8(3-1)9-5-6-12-7-11(9)13-10;/h1-15H;1-7H;/q2*-1;. The molecular formula is C30H22AuN4-2. The molecule has 175 valence electrons. The van der Waals surface area contributed by atoms with Crippen molar-refractivity contribution in [3.8, 4) is 0 Å². The van der Waals surface area contributed by atoms with Crippen LogP contribution in [0, 0.1) is 6.67 Å². The van der Waals surface area contributed by atoms with E-state index in [4.69, 9.17) is 0 Å². The average Bonchev–Trinajstić information content (AvgIpc) is 3.49. The minimum atomic E-state index is 0. The first kappa shape index (κ1) is 22.9. The van der Waals surface area contributed by atoms with Crippen molar-refractivity contribution in [1.82, 2.24) is 9.97 Å². The predicted octanol–water partition coefficient (Wildman–Crippen LogP) is 7.44. The van der Waals surface area contributed by atoms with Crippen molar-refractivity contribution in [2.45, 2.75) is 0 Å². The summed E-state index contributed by atoms with van der Waals surface area (Å²) >= 11 is 0. The molecule has 0 spiro atoms. The van der Waals surface area contributed by atoms with Crippen LogP contribution in [0.2, 0.25) is 0 Å². The molecule has 0 saturated carbocycles. The number of nitrogens with zero attached hydrogens (tertiary/aromatic N) is 4. The van der Waals surface area contributed by atoms with Gasteiger partial charge in [0, 0.05) is 57.5 Å². The third-order valence-electron chi connectivity index (χ3n) is 5.94. The molecular weight excluding hydrogens is 613 g/mol. The van der Waals surface area contributed by atoms with Gasteiger partial charge >= 0.3 is 0 Å². The summed E-state index contributed by atoms with van der Waals surface area (Å²) in [7, 11) is 0. The summed E-state index contributed by atoms with van der Waals surface area (Å²) in [6.07, 6.45) is 3.60. The quantitative estimate of drug-likeness (QED) is 0.146. The van der Waals surface area contributed by atoms with E-state index in [-0.39, 0.29) is 22.4 Å². The largest absolute Gasteiger partial charge is 0.656 e. The van der Waals surface area contributed by atoms with Crippen LogP contribution in [-0.2, 0) is 22.4 Å². The predicted molar refractivity (Wildman–Crippen MR) is 140 cm³/mol. The van der Waals surface area contributed by atoms with Crippen molar-refractivity contribution in [3.63, 3.8) is 0 Å². The second kappa shape index (κ2) is 10.2. The Labute approximate surface area is 220 Å². The third kappa shape index (κ3) is 4.47. The molecule has 0 unspecified atom stereocenters. The molecule has 1 aliphatic rings. The fourth-order valence-corrected chi connectivity index (χ4v) is 4.33. The molecule has 1 radical (unpaired) electrons. The molecule has 4 nitrogen and oxygen atoms in total. The molecule has 3 heterocycles. The Balaban J connectivity index is 0.000000156. The first-order chi connectivity index (χ1) is 16.9. The Kier molecular flexibility index (Phi) is 6.68. The van der Waals surface area contributed by atoms with E-state index in [1.54, 1.807) is 12.4 Å². The summed E-state index contributed by atoms with van der Waals surface area (Å²) in [4.78, 5) is 12.9. The first-order valence-electron chi connectivity index (χ1n) is 11.3. The van der Waals surface area contributed by atoms with E-state index in [9.17, 15) is 0 Å². The molecule has 2 aromatic heterocycles. The maximum absolute atomic E-state index is 4.45. The Hall–Kier alpha value is -3.83. The maximum atomic E-state index is 4.45. The zero-order valence-corrected chi connectivity index (χ0v) is 21.0. The molecule has 4 aromatic carbocycles. The zero-order valence-electron chi connectivity index (χ0n) is 18.8. The second-order valence-corrected chi connectivity index (χ2v) is 8.04. The number of pyridine rings is 1. The molecule has 0 saturated heterocycles. The van der Waals surface area contributed by atoms with E-state index in [0.717, 1.165) is 11.0 Å². The summed E-state index contributed by atoms with van der Waals surface area (Å²) in [5.41, 5.74) is 6.76. The van der Waals surface area contributed by atoms with Gasteiger partial charge in [-0.1, -0.05) is 72.8 Å². The normalized spacial score (nSPS) is 12.1. The zero-order chi connectivity index (χ0) is 22.7. The summed E-state index contributed by atoms with van der Waals surface area (Å²) in [5, 5.41) is 2.39. The molecule has 0 atom stereocenters. The number of rotatable bonds is 2. The van der Waals surface area contributed by atoms with Crippen molar-refractivity contribution >= 4 is 44.6 Å². The summed E-state index contributed by atoms with van der Waals surface area (Å²) in [6.45, 7) is 2.15. The van der Waals surface area contributed by atoms with Gasteiger partial charge in [-0.05, 0) is 53.2 Å². The minimum Gasteiger partial charge on any atom is -0.656 e. The molecule has 6 aromatic rings. The van der Waals surface area contributed by atoms with Crippen LogP contribution in [0.15, 0.2) is 128 Å². The monoisotopic (exact) mass is 635 g/mol. The Bertz CT molecular complexity index is 1430. The van der Waals surface area contributed by atoms with Crippen molar-refractivity contribution in [3.05, 3.63) is 134 Å². The summed E-state index contributed by atoms with van der Waals surface area (Å²) < 4.78 is 0. The SMILES string of the molecule is [Au].c1ccc(N2[CH-]N(c3ccccc3)c3ccccc32)cc1.c1ccc2c(c1)[n-]c1cnccc12. The number of para-hydroxylation sites is 5. The Morgan fingerprint density at radius 1 is 0.543 bits per heavy atom. The van der Waals surface area contributed by atoms with Gasteiger partial charge in [0.15, 0.2) is 0 Å². The van der Waals surface area contributed by atoms with Gasteiger partial charge in [-0.3, -0.25) is 4.98 Å². The second-order valence-electron chi connectivity index (χ2n) is 8.04. The van der Waals surface area contributed by atoms with E-state index in [2.05, 4.69) is 105 Å². The van der Waals surface area contributed by atoms with Crippen molar-refractivity contribution in [1.29, 1.82) is 0 Å². The van der Waals surface area contributed by atoms with Crippen LogP contribution < -0.4 is 14.8 Å². The van der Waals surface area contributed by atoms with Crippen LogP contribution in [0.3, 0.4) is 0 Å². The summed E-state index contributed by atoms with van der Waals surface area (Å²) in [6, 6.07) is 39.5. The number of benzene rings is 4. The average molecular weight is 636 g/mol. The van der Waals surface area contributed by atoms with Crippen LogP contribution in [0.4, 0.5) is 22.7 Å². The maximum Gasteiger partial charge on any atom is 0.0345 e. The van der Waals surface area contributed by atoms with E-state index >= 15 is 0 Å². The smallest absolute Gasteiger partial charge is 0.0345 e. The molecule has 0 aliphatic carbocycles. The van der Waals surface area contributed by atoms with Gasteiger partial charge < -0.3 is 14.8 Å².